The molecule has 2 aromatic carbocycles. The van der Waals surface area contributed by atoms with Crippen LogP contribution in [-0.2, 0) is 4.74 Å². The SMILES string of the molecule is O=C(Nc1ccc(-c2cc(F)cc(F)c2)nc1)c1ccc(OC(F)(F)F)c(NC(O)CN2C[C@@H]3C[C@H]2CO3)c1. The van der Waals surface area contributed by atoms with Crippen LogP contribution in [0.3, 0.4) is 0 Å². The summed E-state index contributed by atoms with van der Waals surface area (Å²) in [5.74, 6) is -2.82. The van der Waals surface area contributed by atoms with Gasteiger partial charge in [-0.2, -0.15) is 0 Å². The molecule has 0 aliphatic carbocycles. The number of pyridine rings is 1. The van der Waals surface area contributed by atoms with Crippen LogP contribution in [0.2, 0.25) is 0 Å². The molecule has 2 saturated heterocycles. The van der Waals surface area contributed by atoms with Gasteiger partial charge in [0.2, 0.25) is 0 Å². The molecule has 206 valence electrons. The third kappa shape index (κ3) is 6.61. The van der Waals surface area contributed by atoms with Gasteiger partial charge in [-0.25, -0.2) is 8.78 Å². The molecule has 2 bridgehead atoms. The first kappa shape index (κ1) is 26.8. The Kier molecular flexibility index (Phi) is 7.38. The van der Waals surface area contributed by atoms with Crippen molar-refractivity contribution in [3.8, 4) is 17.0 Å². The van der Waals surface area contributed by atoms with E-state index in [1.165, 1.54) is 18.3 Å². The number of rotatable bonds is 8. The number of carbonyl (C=O) groups is 1. The topological polar surface area (TPSA) is 96.0 Å². The maximum atomic E-state index is 13.5. The van der Waals surface area contributed by atoms with Crippen LogP contribution in [0.25, 0.3) is 11.3 Å². The van der Waals surface area contributed by atoms with Crippen LogP contribution in [-0.4, -0.2) is 65.3 Å². The lowest BCUT2D eigenvalue weighted by Crippen LogP contribution is -2.43. The third-order valence-electron chi connectivity index (χ3n) is 6.39. The van der Waals surface area contributed by atoms with E-state index in [0.717, 1.165) is 42.8 Å². The van der Waals surface area contributed by atoms with Crippen molar-refractivity contribution in [1.82, 2.24) is 9.88 Å². The van der Waals surface area contributed by atoms with E-state index in [1.807, 2.05) is 4.90 Å². The Morgan fingerprint density at radius 2 is 1.92 bits per heavy atom. The Balaban J connectivity index is 1.29. The second kappa shape index (κ2) is 10.8. The number of nitrogens with one attached hydrogen (secondary N) is 2. The molecule has 39 heavy (non-hydrogen) atoms. The minimum atomic E-state index is -4.99. The van der Waals surface area contributed by atoms with Crippen LogP contribution in [0.5, 0.6) is 5.75 Å². The molecule has 3 heterocycles. The fourth-order valence-corrected chi connectivity index (χ4v) is 4.69. The number of halogens is 5. The van der Waals surface area contributed by atoms with Gasteiger partial charge in [-0.05, 0) is 48.9 Å². The lowest BCUT2D eigenvalue weighted by molar-refractivity contribution is -0.274. The number of likely N-dealkylation sites (tertiary alicyclic amines) is 1. The number of anilines is 2. The van der Waals surface area contributed by atoms with Gasteiger partial charge < -0.3 is 25.2 Å². The van der Waals surface area contributed by atoms with Crippen molar-refractivity contribution >= 4 is 17.3 Å². The van der Waals surface area contributed by atoms with Crippen molar-refractivity contribution < 1.29 is 41.3 Å². The summed E-state index contributed by atoms with van der Waals surface area (Å²) in [6.45, 7) is 1.28. The zero-order valence-corrected chi connectivity index (χ0v) is 20.2. The Hall–Kier alpha value is -3.81. The number of amides is 1. The highest BCUT2D eigenvalue weighted by Crippen LogP contribution is 2.33. The van der Waals surface area contributed by atoms with Crippen molar-refractivity contribution in [3.63, 3.8) is 0 Å². The molecule has 5 rings (SSSR count). The zero-order chi connectivity index (χ0) is 27.7. The van der Waals surface area contributed by atoms with Gasteiger partial charge in [0.15, 0.2) is 5.75 Å². The highest BCUT2D eigenvalue weighted by molar-refractivity contribution is 6.05. The first-order valence-corrected chi connectivity index (χ1v) is 12.0. The lowest BCUT2D eigenvalue weighted by Gasteiger charge is -2.29. The number of hydrogen-bond donors (Lipinski definition) is 3. The standard InChI is InChI=1S/C26H23F5N4O4/c27-16-5-15(6-17(28)8-16)21-3-2-18(10-32-21)33-25(37)14-1-4-23(39-26(29,30)31)22(7-14)34-24(36)12-35-11-20-9-19(35)13-38-20/h1-8,10,19-20,24,34,36H,9,11-13H2,(H,33,37)/t19-,20-,24?/m0/s1. The van der Waals surface area contributed by atoms with E-state index in [0.29, 0.717) is 13.2 Å². The largest absolute Gasteiger partial charge is 0.573 e. The number of hydrogen-bond acceptors (Lipinski definition) is 7. The van der Waals surface area contributed by atoms with Crippen LogP contribution < -0.4 is 15.4 Å². The Bertz CT molecular complexity index is 1330. The predicted molar refractivity (Wildman–Crippen MR) is 130 cm³/mol. The van der Waals surface area contributed by atoms with Crippen molar-refractivity contribution in [1.29, 1.82) is 0 Å². The molecule has 0 saturated carbocycles. The van der Waals surface area contributed by atoms with E-state index in [9.17, 15) is 31.9 Å². The second-order valence-electron chi connectivity index (χ2n) is 9.26. The number of β-amino-alcohol motifs (C(OH)–C–C–N with tert-alkyl or cyclic N) is 1. The summed E-state index contributed by atoms with van der Waals surface area (Å²) in [7, 11) is 0. The number of benzene rings is 2. The average molecular weight is 550 g/mol. The van der Waals surface area contributed by atoms with Crippen LogP contribution in [0, 0.1) is 11.6 Å². The van der Waals surface area contributed by atoms with Crippen LogP contribution in [0.1, 0.15) is 16.8 Å². The Morgan fingerprint density at radius 3 is 2.54 bits per heavy atom. The van der Waals surface area contributed by atoms with Gasteiger partial charge in [-0.3, -0.25) is 14.7 Å². The van der Waals surface area contributed by atoms with E-state index in [-0.39, 0.29) is 46.9 Å². The number of aliphatic hydroxyl groups is 1. The zero-order valence-electron chi connectivity index (χ0n) is 20.2. The quantitative estimate of drug-likeness (QED) is 0.283. The van der Waals surface area contributed by atoms with Crippen LogP contribution in [0.15, 0.2) is 54.7 Å². The number of aliphatic hydroxyl groups excluding tert-OH is 1. The smallest absolute Gasteiger partial charge is 0.404 e. The summed E-state index contributed by atoms with van der Waals surface area (Å²) in [5, 5.41) is 15.7. The maximum absolute atomic E-state index is 13.5. The first-order valence-electron chi connectivity index (χ1n) is 12.0. The maximum Gasteiger partial charge on any atom is 0.573 e. The molecule has 3 N–H and O–H groups in total. The van der Waals surface area contributed by atoms with Gasteiger partial charge in [-0.1, -0.05) is 0 Å². The number of carbonyl (C=O) groups excluding carboxylic acids is 1. The monoisotopic (exact) mass is 550 g/mol. The van der Waals surface area contributed by atoms with Crippen molar-refractivity contribution in [3.05, 3.63) is 71.9 Å². The summed E-state index contributed by atoms with van der Waals surface area (Å²) < 4.78 is 75.5. The molecular formula is C26H23F5N4O4. The molecule has 1 amide bonds. The molecule has 2 aliphatic rings. The van der Waals surface area contributed by atoms with E-state index >= 15 is 0 Å². The molecule has 1 aromatic heterocycles. The van der Waals surface area contributed by atoms with E-state index in [4.69, 9.17) is 4.74 Å². The molecule has 0 spiro atoms. The van der Waals surface area contributed by atoms with E-state index in [2.05, 4.69) is 20.4 Å². The van der Waals surface area contributed by atoms with Gasteiger partial charge >= 0.3 is 6.36 Å². The summed E-state index contributed by atoms with van der Waals surface area (Å²) in [6, 6.07) is 9.24. The van der Waals surface area contributed by atoms with Crippen molar-refractivity contribution in [2.45, 2.75) is 31.2 Å². The molecule has 0 radical (unpaired) electrons. The number of ether oxygens (including phenoxy) is 2. The van der Waals surface area contributed by atoms with Gasteiger partial charge in [0.05, 0.1) is 36.0 Å². The van der Waals surface area contributed by atoms with Gasteiger partial charge in [0, 0.05) is 36.3 Å². The number of alkyl halides is 3. The molecular weight excluding hydrogens is 527 g/mol. The summed E-state index contributed by atoms with van der Waals surface area (Å²) in [4.78, 5) is 18.9. The molecule has 3 aromatic rings. The van der Waals surface area contributed by atoms with Crippen molar-refractivity contribution in [2.75, 3.05) is 30.3 Å². The molecule has 3 atom stereocenters. The molecule has 2 fully saturated rings. The van der Waals surface area contributed by atoms with Gasteiger partial charge in [-0.15, -0.1) is 13.2 Å². The first-order chi connectivity index (χ1) is 18.5. The van der Waals surface area contributed by atoms with Crippen LogP contribution in [0.4, 0.5) is 33.3 Å². The van der Waals surface area contributed by atoms with Crippen molar-refractivity contribution in [2.24, 2.45) is 0 Å². The predicted octanol–water partition coefficient (Wildman–Crippen LogP) is 4.38. The van der Waals surface area contributed by atoms with E-state index in [1.54, 1.807) is 0 Å². The van der Waals surface area contributed by atoms with E-state index < -0.39 is 35.9 Å². The minimum Gasteiger partial charge on any atom is -0.404 e. The minimum absolute atomic E-state index is 0.0240. The lowest BCUT2D eigenvalue weighted by atomic mass is 10.1. The van der Waals surface area contributed by atoms with Crippen LogP contribution >= 0.6 is 0 Å². The fourth-order valence-electron chi connectivity index (χ4n) is 4.69. The summed E-state index contributed by atoms with van der Waals surface area (Å²) in [5.41, 5.74) is 0.448. The number of morpholine rings is 1. The number of nitrogens with zero attached hydrogens (tertiary/aromatic N) is 2. The Labute approximate surface area is 219 Å². The third-order valence-corrected chi connectivity index (χ3v) is 6.39. The highest BCUT2D eigenvalue weighted by atomic mass is 19.4. The number of fused-ring (bicyclic) bond motifs is 2. The molecule has 1 unspecified atom stereocenters. The number of aromatic nitrogens is 1. The highest BCUT2D eigenvalue weighted by Gasteiger charge is 2.39. The molecule has 13 heteroatoms. The summed E-state index contributed by atoms with van der Waals surface area (Å²) in [6.07, 6.45) is -4.05. The summed E-state index contributed by atoms with van der Waals surface area (Å²) >= 11 is 0. The van der Waals surface area contributed by atoms with Gasteiger partial charge in [0.25, 0.3) is 5.91 Å². The normalized spacial score (nSPS) is 19.6. The molecule has 8 nitrogen and oxygen atoms in total. The van der Waals surface area contributed by atoms with Gasteiger partial charge in [0.1, 0.15) is 17.9 Å². The Morgan fingerprint density at radius 1 is 1.15 bits per heavy atom. The average Bonchev–Trinajstić information content (AvgIpc) is 3.47. The second-order valence-corrected chi connectivity index (χ2v) is 9.26. The molecule has 2 aliphatic heterocycles. The fraction of sp³-hybridized carbons (Fsp3) is 0.308.